The first-order chi connectivity index (χ1) is 20.8. The maximum atomic E-state index is 13.1. The number of carbonyl (C=O) groups is 3. The molecule has 1 aliphatic heterocycles. The van der Waals surface area contributed by atoms with E-state index in [1.807, 2.05) is 30.3 Å². The number of alkyl carbamates (subject to hydrolysis) is 1. The van der Waals surface area contributed by atoms with Gasteiger partial charge in [-0.1, -0.05) is 30.2 Å². The minimum absolute atomic E-state index is 0.122. The fourth-order valence-electron chi connectivity index (χ4n) is 4.66. The summed E-state index contributed by atoms with van der Waals surface area (Å²) < 4.78 is 4.65. The Morgan fingerprint density at radius 1 is 1.21 bits per heavy atom. The van der Waals surface area contributed by atoms with Crippen molar-refractivity contribution in [1.82, 2.24) is 15.6 Å². The quantitative estimate of drug-likeness (QED) is 0.0874. The number of hydrogen-bond donors (Lipinski definition) is 5. The molecule has 3 amide bonds. The zero-order valence-corrected chi connectivity index (χ0v) is 24.3. The van der Waals surface area contributed by atoms with Gasteiger partial charge in [-0.05, 0) is 66.4 Å². The highest BCUT2D eigenvalue weighted by Gasteiger charge is 2.19. The molecule has 4 rings (SSSR count). The lowest BCUT2D eigenvalue weighted by Gasteiger charge is -2.20. The average Bonchev–Trinajstić information content (AvgIpc) is 3.00. The summed E-state index contributed by atoms with van der Waals surface area (Å²) in [6.45, 7) is 0.236. The number of nitrogens with two attached hydrogens (primary N) is 2. The number of carbonyl (C=O) groups excluding carboxylic acids is 3. The molecule has 0 radical (unpaired) electrons. The van der Waals surface area contributed by atoms with E-state index in [2.05, 4.69) is 30.8 Å². The molecule has 1 atom stereocenters. The number of aromatic nitrogens is 1. The molecule has 0 unspecified atom stereocenters. The van der Waals surface area contributed by atoms with Crippen LogP contribution in [0.2, 0.25) is 5.02 Å². The van der Waals surface area contributed by atoms with Crippen LogP contribution in [0.1, 0.15) is 48.5 Å². The number of rotatable bonds is 7. The van der Waals surface area contributed by atoms with Gasteiger partial charge in [-0.25, -0.2) is 10.6 Å². The standard InChI is InChI=1S/C30H33ClN8O4/c1-43-30(42)35-17-19-6-9-23-20-12-13-34-26(16-20)24(4-2-3-5-28(40)38-25(23)14-19)37-29(41)11-7-21-15-22(31)8-10-27(21)39(33)18-36-32/h6-16,18,24H,2-5,17,32-33H2,1H3,(H,35,42)(H,37,41)(H,38,40)/b11-7+,36-18-/t24-/m0/s1. The van der Waals surface area contributed by atoms with Crippen molar-refractivity contribution in [2.75, 3.05) is 17.4 Å². The molecule has 2 bridgehead atoms. The Balaban J connectivity index is 1.60. The van der Waals surface area contributed by atoms with Crippen molar-refractivity contribution in [3.05, 3.63) is 82.6 Å². The molecule has 7 N–H and O–H groups in total. The fraction of sp³-hybridized carbons (Fsp3) is 0.233. The van der Waals surface area contributed by atoms with Crippen molar-refractivity contribution in [2.24, 2.45) is 16.8 Å². The first-order valence-corrected chi connectivity index (χ1v) is 13.9. The molecule has 13 heteroatoms. The molecule has 43 heavy (non-hydrogen) atoms. The van der Waals surface area contributed by atoms with Crippen LogP contribution in [0.25, 0.3) is 17.2 Å². The predicted octanol–water partition coefficient (Wildman–Crippen LogP) is 4.22. The fourth-order valence-corrected chi connectivity index (χ4v) is 4.84. The van der Waals surface area contributed by atoms with Gasteiger partial charge in [0.05, 0.1) is 24.5 Å². The Hall–Kier alpha value is -4.94. The van der Waals surface area contributed by atoms with Gasteiger partial charge in [0.15, 0.2) is 0 Å². The average molecular weight is 605 g/mol. The minimum atomic E-state index is -0.547. The van der Waals surface area contributed by atoms with Crippen molar-refractivity contribution < 1.29 is 19.1 Å². The van der Waals surface area contributed by atoms with Crippen LogP contribution in [0.4, 0.5) is 16.2 Å². The van der Waals surface area contributed by atoms with Crippen LogP contribution in [0.5, 0.6) is 0 Å². The van der Waals surface area contributed by atoms with Crippen molar-refractivity contribution >= 4 is 53.3 Å². The molecule has 1 aromatic heterocycles. The summed E-state index contributed by atoms with van der Waals surface area (Å²) in [5.41, 5.74) is 4.82. The molecular formula is C30H33ClN8O4. The van der Waals surface area contributed by atoms with Crippen LogP contribution in [0.15, 0.2) is 65.9 Å². The van der Waals surface area contributed by atoms with E-state index in [1.54, 1.807) is 30.5 Å². The Bertz CT molecular complexity index is 1540. The summed E-state index contributed by atoms with van der Waals surface area (Å²) in [4.78, 5) is 42.0. The Kier molecular flexibility index (Phi) is 10.7. The third kappa shape index (κ3) is 8.53. The van der Waals surface area contributed by atoms with E-state index in [-0.39, 0.29) is 18.4 Å². The number of methoxy groups -OCH3 is 1. The Labute approximate surface area is 254 Å². The van der Waals surface area contributed by atoms with E-state index in [9.17, 15) is 14.4 Å². The summed E-state index contributed by atoms with van der Waals surface area (Å²) in [5, 5.41) is 13.8. The zero-order valence-electron chi connectivity index (χ0n) is 23.5. The molecule has 0 saturated heterocycles. The second-order valence-corrected chi connectivity index (χ2v) is 10.2. The van der Waals surface area contributed by atoms with Gasteiger partial charge in [0.2, 0.25) is 11.8 Å². The zero-order chi connectivity index (χ0) is 30.8. The number of hydrazine groups is 1. The van der Waals surface area contributed by atoms with Gasteiger partial charge in [-0.2, -0.15) is 5.10 Å². The van der Waals surface area contributed by atoms with Crippen LogP contribution in [-0.2, 0) is 20.9 Å². The normalized spacial score (nSPS) is 15.1. The maximum Gasteiger partial charge on any atom is 0.407 e. The molecule has 0 fully saturated rings. The number of hydrazone groups is 1. The van der Waals surface area contributed by atoms with E-state index in [4.69, 9.17) is 23.3 Å². The number of ether oxygens (including phenoxy) is 1. The van der Waals surface area contributed by atoms with Crippen LogP contribution in [-0.4, -0.2) is 36.3 Å². The van der Waals surface area contributed by atoms with Crippen molar-refractivity contribution in [3.63, 3.8) is 0 Å². The third-order valence-electron chi connectivity index (χ3n) is 6.77. The van der Waals surface area contributed by atoms with Gasteiger partial charge in [0.1, 0.15) is 6.34 Å². The van der Waals surface area contributed by atoms with E-state index in [0.717, 1.165) is 16.7 Å². The highest BCUT2D eigenvalue weighted by atomic mass is 35.5. The van der Waals surface area contributed by atoms with Crippen LogP contribution >= 0.6 is 11.6 Å². The number of fused-ring (bicyclic) bond motifs is 4. The molecule has 2 heterocycles. The van der Waals surface area contributed by atoms with E-state index >= 15 is 0 Å². The largest absolute Gasteiger partial charge is 0.453 e. The van der Waals surface area contributed by atoms with E-state index in [0.29, 0.717) is 53.3 Å². The van der Waals surface area contributed by atoms with Crippen molar-refractivity contribution in [2.45, 2.75) is 38.3 Å². The van der Waals surface area contributed by atoms with Crippen molar-refractivity contribution in [3.8, 4) is 11.1 Å². The number of hydrogen-bond acceptors (Lipinski definition) is 8. The van der Waals surface area contributed by atoms with E-state index < -0.39 is 12.1 Å². The topological polar surface area (TPSA) is 177 Å². The minimum Gasteiger partial charge on any atom is -0.453 e. The van der Waals surface area contributed by atoms with Gasteiger partial charge in [0, 0.05) is 47.1 Å². The summed E-state index contributed by atoms with van der Waals surface area (Å²) in [5.74, 6) is 10.7. The molecule has 1 aliphatic rings. The van der Waals surface area contributed by atoms with E-state index in [1.165, 1.54) is 24.5 Å². The molecule has 0 saturated carbocycles. The molecule has 0 spiro atoms. The van der Waals surface area contributed by atoms with Crippen molar-refractivity contribution in [1.29, 1.82) is 0 Å². The number of halogens is 1. The number of anilines is 2. The summed E-state index contributed by atoms with van der Waals surface area (Å²) in [6.07, 6.45) is 7.57. The second-order valence-electron chi connectivity index (χ2n) is 9.76. The smallest absolute Gasteiger partial charge is 0.407 e. The number of pyridine rings is 1. The Morgan fingerprint density at radius 2 is 2.05 bits per heavy atom. The summed E-state index contributed by atoms with van der Waals surface area (Å²) >= 11 is 6.17. The van der Waals surface area contributed by atoms with Crippen LogP contribution in [0, 0.1) is 0 Å². The van der Waals surface area contributed by atoms with Crippen LogP contribution < -0.4 is 32.6 Å². The number of amides is 3. The summed E-state index contributed by atoms with van der Waals surface area (Å²) in [7, 11) is 1.30. The predicted molar refractivity (Wildman–Crippen MR) is 167 cm³/mol. The SMILES string of the molecule is COC(=O)NCc1ccc2c(c1)NC(=O)CCCC[C@H](NC(=O)/C=C/c1cc(Cl)ccc1N(N)/C=N\N)c1cc-2ccn1. The highest BCUT2D eigenvalue weighted by molar-refractivity contribution is 6.30. The molecule has 3 aromatic rings. The molecule has 2 aromatic carbocycles. The number of benzene rings is 2. The molecule has 224 valence electrons. The van der Waals surface area contributed by atoms with Gasteiger partial charge in [-0.15, -0.1) is 0 Å². The first kappa shape index (κ1) is 31.0. The van der Waals surface area contributed by atoms with Gasteiger partial charge in [0.25, 0.3) is 0 Å². The van der Waals surface area contributed by atoms with Gasteiger partial charge >= 0.3 is 6.09 Å². The molecule has 0 aliphatic carbocycles. The molecule has 12 nitrogen and oxygen atoms in total. The monoisotopic (exact) mass is 604 g/mol. The first-order valence-electron chi connectivity index (χ1n) is 13.5. The number of nitrogens with zero attached hydrogens (tertiary/aromatic N) is 3. The Morgan fingerprint density at radius 3 is 2.84 bits per heavy atom. The van der Waals surface area contributed by atoms with Crippen LogP contribution in [0.3, 0.4) is 0 Å². The number of nitrogens with one attached hydrogen (secondary N) is 3. The second kappa shape index (κ2) is 14.8. The lowest BCUT2D eigenvalue weighted by Crippen LogP contribution is -2.30. The lowest BCUT2D eigenvalue weighted by molar-refractivity contribution is -0.118. The third-order valence-corrected chi connectivity index (χ3v) is 7.00. The van der Waals surface area contributed by atoms with Gasteiger partial charge in [-0.3, -0.25) is 19.6 Å². The maximum absolute atomic E-state index is 13.1. The highest BCUT2D eigenvalue weighted by Crippen LogP contribution is 2.32. The lowest BCUT2D eigenvalue weighted by atomic mass is 9.97. The van der Waals surface area contributed by atoms with Gasteiger partial charge < -0.3 is 26.5 Å². The molecular weight excluding hydrogens is 572 g/mol. The summed E-state index contributed by atoms with van der Waals surface area (Å²) in [6, 6.07) is 13.9.